The molecule has 0 aromatic heterocycles. The molecule has 0 bridgehead atoms. The van der Waals surface area contributed by atoms with Crippen molar-refractivity contribution in [2.45, 2.75) is 19.4 Å². The van der Waals surface area contributed by atoms with Crippen molar-refractivity contribution in [3.63, 3.8) is 0 Å². The van der Waals surface area contributed by atoms with Gasteiger partial charge in [-0.25, -0.2) is 14.0 Å². The molecule has 0 spiro atoms. The van der Waals surface area contributed by atoms with Crippen LogP contribution in [-0.4, -0.2) is 36.4 Å². The van der Waals surface area contributed by atoms with Crippen LogP contribution in [0.5, 0.6) is 0 Å². The molecule has 0 aliphatic carbocycles. The predicted octanol–water partition coefficient (Wildman–Crippen LogP) is 2.07. The van der Waals surface area contributed by atoms with E-state index in [0.29, 0.717) is 13.2 Å². The van der Waals surface area contributed by atoms with Crippen molar-refractivity contribution in [1.29, 1.82) is 0 Å². The minimum absolute atomic E-state index is 0.0742. The molecule has 1 heterocycles. The normalized spacial score (nSPS) is 19.0. The molecule has 3 N–H and O–H groups in total. The van der Waals surface area contributed by atoms with E-state index in [2.05, 4.69) is 10.6 Å². The van der Waals surface area contributed by atoms with Crippen LogP contribution in [0.2, 0.25) is 0 Å². The molecule has 2 rings (SSSR count). The Hall–Kier alpha value is -2.15. The van der Waals surface area contributed by atoms with Crippen LogP contribution in [0.3, 0.4) is 0 Å². The van der Waals surface area contributed by atoms with Gasteiger partial charge in [0, 0.05) is 18.6 Å². The van der Waals surface area contributed by atoms with Gasteiger partial charge in [-0.15, -0.1) is 0 Å². The highest BCUT2D eigenvalue weighted by Crippen LogP contribution is 2.20. The number of anilines is 1. The van der Waals surface area contributed by atoms with Gasteiger partial charge in [0.25, 0.3) is 0 Å². The zero-order chi connectivity index (χ0) is 15.4. The molecule has 6 nitrogen and oxygen atoms in total. The molecule has 1 saturated heterocycles. The number of aromatic carboxylic acids is 1. The summed E-state index contributed by atoms with van der Waals surface area (Å²) in [4.78, 5) is 22.9. The zero-order valence-electron chi connectivity index (χ0n) is 11.6. The second kappa shape index (κ2) is 6.53. The van der Waals surface area contributed by atoms with Crippen LogP contribution in [0.25, 0.3) is 0 Å². The van der Waals surface area contributed by atoms with E-state index < -0.39 is 23.4 Å². The summed E-state index contributed by atoms with van der Waals surface area (Å²) >= 11 is 0. The standard InChI is InChI=1S/C14H17FN2O4/c1-8(9-5-6-21-7-9)16-14(20)17-11-4-2-3-10(15)12(11)13(18)19/h2-4,8-9H,5-7H2,1H3,(H,18,19)(H2,16,17,20). The Balaban J connectivity index is 2.02. The van der Waals surface area contributed by atoms with Crippen LogP contribution in [0, 0.1) is 11.7 Å². The van der Waals surface area contributed by atoms with E-state index in [1.807, 2.05) is 6.92 Å². The summed E-state index contributed by atoms with van der Waals surface area (Å²) in [6.45, 7) is 3.11. The van der Waals surface area contributed by atoms with Crippen molar-refractivity contribution in [2.75, 3.05) is 18.5 Å². The summed E-state index contributed by atoms with van der Waals surface area (Å²) in [5, 5.41) is 14.1. The molecular formula is C14H17FN2O4. The fraction of sp³-hybridized carbons (Fsp3) is 0.429. The topological polar surface area (TPSA) is 87.7 Å². The first-order valence-corrected chi connectivity index (χ1v) is 6.66. The first-order valence-electron chi connectivity index (χ1n) is 6.66. The Kier molecular flexibility index (Phi) is 4.74. The van der Waals surface area contributed by atoms with Gasteiger partial charge in [0.2, 0.25) is 0 Å². The van der Waals surface area contributed by atoms with Crippen molar-refractivity contribution in [2.24, 2.45) is 5.92 Å². The number of carboxylic acids is 1. The maximum absolute atomic E-state index is 13.5. The van der Waals surface area contributed by atoms with Crippen LogP contribution in [0.4, 0.5) is 14.9 Å². The van der Waals surface area contributed by atoms with Crippen LogP contribution in [0.1, 0.15) is 23.7 Å². The van der Waals surface area contributed by atoms with Gasteiger partial charge >= 0.3 is 12.0 Å². The summed E-state index contributed by atoms with van der Waals surface area (Å²) in [5.41, 5.74) is -0.626. The average molecular weight is 296 g/mol. The molecule has 1 aromatic rings. The summed E-state index contributed by atoms with van der Waals surface area (Å²) in [5.74, 6) is -2.10. The highest BCUT2D eigenvalue weighted by Gasteiger charge is 2.24. The number of urea groups is 1. The van der Waals surface area contributed by atoms with Crippen LogP contribution >= 0.6 is 0 Å². The fourth-order valence-electron chi connectivity index (χ4n) is 2.28. The maximum Gasteiger partial charge on any atom is 0.340 e. The minimum Gasteiger partial charge on any atom is -0.478 e. The van der Waals surface area contributed by atoms with Crippen molar-refractivity contribution < 1.29 is 23.8 Å². The molecule has 0 radical (unpaired) electrons. The first-order chi connectivity index (χ1) is 9.99. The van der Waals surface area contributed by atoms with E-state index in [1.165, 1.54) is 12.1 Å². The largest absolute Gasteiger partial charge is 0.478 e. The lowest BCUT2D eigenvalue weighted by Gasteiger charge is -2.20. The number of carbonyl (C=O) groups is 2. The Morgan fingerprint density at radius 2 is 2.24 bits per heavy atom. The molecule has 1 aromatic carbocycles. The number of ether oxygens (including phenoxy) is 1. The van der Waals surface area contributed by atoms with Gasteiger partial charge in [0.05, 0.1) is 12.3 Å². The average Bonchev–Trinajstić information content (AvgIpc) is 2.91. The molecule has 114 valence electrons. The Bertz CT molecular complexity index is 544. The fourth-order valence-corrected chi connectivity index (χ4v) is 2.28. The lowest BCUT2D eigenvalue weighted by Crippen LogP contribution is -2.41. The van der Waals surface area contributed by atoms with E-state index in [0.717, 1.165) is 12.5 Å². The Morgan fingerprint density at radius 1 is 1.48 bits per heavy atom. The number of hydrogen-bond acceptors (Lipinski definition) is 3. The van der Waals surface area contributed by atoms with Gasteiger partial charge in [0.1, 0.15) is 11.4 Å². The number of hydrogen-bond donors (Lipinski definition) is 3. The molecule has 1 aliphatic rings. The third-order valence-electron chi connectivity index (χ3n) is 3.51. The van der Waals surface area contributed by atoms with E-state index in [1.54, 1.807) is 0 Å². The third-order valence-corrected chi connectivity index (χ3v) is 3.51. The van der Waals surface area contributed by atoms with Crippen molar-refractivity contribution in [3.8, 4) is 0 Å². The number of benzene rings is 1. The van der Waals surface area contributed by atoms with E-state index >= 15 is 0 Å². The molecule has 2 unspecified atom stereocenters. The number of amides is 2. The second-order valence-corrected chi connectivity index (χ2v) is 4.98. The van der Waals surface area contributed by atoms with E-state index in [4.69, 9.17) is 9.84 Å². The summed E-state index contributed by atoms with van der Waals surface area (Å²) < 4.78 is 18.7. The summed E-state index contributed by atoms with van der Waals surface area (Å²) in [6.07, 6.45) is 0.863. The molecule has 21 heavy (non-hydrogen) atoms. The predicted molar refractivity (Wildman–Crippen MR) is 73.9 cm³/mol. The molecule has 7 heteroatoms. The highest BCUT2D eigenvalue weighted by molar-refractivity contribution is 6.00. The van der Waals surface area contributed by atoms with Crippen molar-refractivity contribution in [1.82, 2.24) is 5.32 Å². The van der Waals surface area contributed by atoms with Gasteiger partial charge in [-0.1, -0.05) is 6.07 Å². The monoisotopic (exact) mass is 296 g/mol. The summed E-state index contributed by atoms with van der Waals surface area (Å²) in [6, 6.07) is 3.03. The van der Waals surface area contributed by atoms with E-state index in [-0.39, 0.29) is 17.6 Å². The van der Waals surface area contributed by atoms with Gasteiger partial charge in [-0.3, -0.25) is 0 Å². The summed E-state index contributed by atoms with van der Waals surface area (Å²) in [7, 11) is 0. The van der Waals surface area contributed by atoms with Gasteiger partial charge in [-0.05, 0) is 25.5 Å². The number of rotatable bonds is 4. The molecule has 1 fully saturated rings. The minimum atomic E-state index is -1.43. The molecule has 2 atom stereocenters. The molecule has 2 amide bonds. The highest BCUT2D eigenvalue weighted by atomic mass is 19.1. The SMILES string of the molecule is CC(NC(=O)Nc1cccc(F)c1C(=O)O)C1CCOC1. The Morgan fingerprint density at radius 3 is 2.86 bits per heavy atom. The lowest BCUT2D eigenvalue weighted by atomic mass is 10.0. The second-order valence-electron chi connectivity index (χ2n) is 4.98. The third kappa shape index (κ3) is 3.69. The first kappa shape index (κ1) is 15.2. The van der Waals surface area contributed by atoms with E-state index in [9.17, 15) is 14.0 Å². The zero-order valence-corrected chi connectivity index (χ0v) is 11.6. The van der Waals surface area contributed by atoms with Crippen LogP contribution in [-0.2, 0) is 4.74 Å². The maximum atomic E-state index is 13.5. The van der Waals surface area contributed by atoms with Gasteiger partial charge in [-0.2, -0.15) is 0 Å². The molecule has 0 saturated carbocycles. The van der Waals surface area contributed by atoms with Gasteiger partial charge in [0.15, 0.2) is 0 Å². The van der Waals surface area contributed by atoms with Crippen molar-refractivity contribution >= 4 is 17.7 Å². The molecular weight excluding hydrogens is 279 g/mol. The number of nitrogens with one attached hydrogen (secondary N) is 2. The number of halogens is 1. The molecule has 1 aliphatic heterocycles. The quantitative estimate of drug-likeness (QED) is 0.793. The Labute approximate surface area is 121 Å². The number of carbonyl (C=O) groups excluding carboxylic acids is 1. The smallest absolute Gasteiger partial charge is 0.340 e. The van der Waals surface area contributed by atoms with Gasteiger partial charge < -0.3 is 20.5 Å². The van der Waals surface area contributed by atoms with Crippen LogP contribution in [0.15, 0.2) is 18.2 Å². The lowest BCUT2D eigenvalue weighted by molar-refractivity contribution is 0.0693. The van der Waals surface area contributed by atoms with Crippen molar-refractivity contribution in [3.05, 3.63) is 29.6 Å². The van der Waals surface area contributed by atoms with Crippen LogP contribution < -0.4 is 10.6 Å². The number of carboxylic acid groups (broad SMARTS) is 1.